The predicted octanol–water partition coefficient (Wildman–Crippen LogP) is 3.58. The summed E-state index contributed by atoms with van der Waals surface area (Å²) >= 11 is 1.30. The maximum atomic E-state index is 12.8. The molecule has 0 fully saturated rings. The number of ketones is 1. The van der Waals surface area contributed by atoms with Crippen molar-refractivity contribution in [3.63, 3.8) is 0 Å². The van der Waals surface area contributed by atoms with Gasteiger partial charge < -0.3 is 5.11 Å². The summed E-state index contributed by atoms with van der Waals surface area (Å²) in [5.74, 6) is 0.493. The third kappa shape index (κ3) is 3.48. The molecule has 6 nitrogen and oxygen atoms in total. The monoisotopic (exact) mass is 368 g/mol. The van der Waals surface area contributed by atoms with Crippen molar-refractivity contribution in [1.82, 2.24) is 20.2 Å². The van der Waals surface area contributed by atoms with Crippen LogP contribution in [0.25, 0.3) is 5.69 Å². The van der Waals surface area contributed by atoms with Crippen LogP contribution in [0.15, 0.2) is 35.5 Å². The Hall–Kier alpha value is -2.67. The van der Waals surface area contributed by atoms with Crippen LogP contribution < -0.4 is 0 Å². The van der Waals surface area contributed by atoms with Crippen molar-refractivity contribution in [2.45, 2.75) is 32.9 Å². The van der Waals surface area contributed by atoms with Crippen LogP contribution in [0.2, 0.25) is 0 Å². The molecule has 3 aromatic rings. The lowest BCUT2D eigenvalue weighted by Gasteiger charge is -2.14. The number of carbonyl (C=O) groups excluding carboxylic acids is 1. The fourth-order valence-corrected chi connectivity index (χ4v) is 3.63. The maximum Gasteiger partial charge on any atom is 0.214 e. The number of carbonyl (C=O) groups is 1. The third-order valence-electron chi connectivity index (χ3n) is 4.51. The Morgan fingerprint density at radius 3 is 2.31 bits per heavy atom. The van der Waals surface area contributed by atoms with Crippen LogP contribution in [0.3, 0.4) is 0 Å². The van der Waals surface area contributed by atoms with Gasteiger partial charge in [-0.15, -0.1) is 5.10 Å². The lowest BCUT2D eigenvalue weighted by atomic mass is 9.92. The minimum Gasteiger partial charge on any atom is -0.508 e. The van der Waals surface area contributed by atoms with Crippen LogP contribution >= 0.6 is 11.8 Å². The van der Waals surface area contributed by atoms with Gasteiger partial charge in [0.15, 0.2) is 5.78 Å². The molecule has 3 rings (SSSR count). The molecule has 0 spiro atoms. The second kappa shape index (κ2) is 7.29. The van der Waals surface area contributed by atoms with Gasteiger partial charge in [0.05, 0.1) is 11.4 Å². The molecule has 1 aromatic heterocycles. The second-order valence-corrected chi connectivity index (χ2v) is 7.18. The number of aromatic nitrogens is 4. The number of Topliss-reactive ketones (excluding diaryl/α,β-unsaturated/α-hetero) is 1. The van der Waals surface area contributed by atoms with Crippen molar-refractivity contribution in [2.24, 2.45) is 0 Å². The van der Waals surface area contributed by atoms with Crippen molar-refractivity contribution in [2.75, 3.05) is 5.75 Å². The number of aryl methyl sites for hydroxylation is 2. The molecule has 2 aromatic carbocycles. The molecule has 0 amide bonds. The number of phenols is 1. The Morgan fingerprint density at radius 1 is 1.08 bits per heavy atom. The van der Waals surface area contributed by atoms with Gasteiger partial charge in [-0.2, -0.15) is 4.68 Å². The number of hydrogen-bond donors (Lipinski definition) is 1. The summed E-state index contributed by atoms with van der Waals surface area (Å²) in [7, 11) is 0. The zero-order chi connectivity index (χ0) is 18.8. The lowest BCUT2D eigenvalue weighted by Crippen LogP contribution is -2.10. The van der Waals surface area contributed by atoms with E-state index >= 15 is 0 Å². The third-order valence-corrected chi connectivity index (χ3v) is 5.43. The summed E-state index contributed by atoms with van der Waals surface area (Å²) in [6.45, 7) is 8.02. The van der Waals surface area contributed by atoms with Crippen LogP contribution in [-0.4, -0.2) is 36.8 Å². The first-order chi connectivity index (χ1) is 12.4. The summed E-state index contributed by atoms with van der Waals surface area (Å²) in [4.78, 5) is 12.8. The van der Waals surface area contributed by atoms with E-state index in [1.807, 2.05) is 27.7 Å². The van der Waals surface area contributed by atoms with Gasteiger partial charge in [-0.1, -0.05) is 17.8 Å². The molecule has 0 bridgehead atoms. The number of nitrogens with zero attached hydrogens (tertiary/aromatic N) is 4. The normalized spacial score (nSPS) is 10.9. The van der Waals surface area contributed by atoms with Crippen LogP contribution in [0.4, 0.5) is 0 Å². The Morgan fingerprint density at radius 2 is 1.69 bits per heavy atom. The highest BCUT2D eigenvalue weighted by atomic mass is 32.2. The second-order valence-electron chi connectivity index (χ2n) is 6.24. The highest BCUT2D eigenvalue weighted by Crippen LogP contribution is 2.25. The number of rotatable bonds is 5. The molecule has 0 aliphatic heterocycles. The minimum absolute atomic E-state index is 0.0667. The van der Waals surface area contributed by atoms with Gasteiger partial charge in [0, 0.05) is 5.56 Å². The average molecular weight is 368 g/mol. The molecular weight excluding hydrogens is 348 g/mol. The molecule has 7 heteroatoms. The summed E-state index contributed by atoms with van der Waals surface area (Å²) in [5.41, 5.74) is 5.81. The standard InChI is InChI=1S/C19H20N4O2S/c1-11-9-12(2)14(4)18(13(11)3)17(25)10-26-19-20-21-22-23(19)15-5-7-16(24)8-6-15/h5-9,24H,10H2,1-4H3. The van der Waals surface area contributed by atoms with Gasteiger partial charge in [-0.3, -0.25) is 4.79 Å². The fraction of sp³-hybridized carbons (Fsp3) is 0.263. The molecule has 26 heavy (non-hydrogen) atoms. The van der Waals surface area contributed by atoms with Gasteiger partial charge >= 0.3 is 0 Å². The first kappa shape index (κ1) is 18.1. The van der Waals surface area contributed by atoms with E-state index in [2.05, 4.69) is 21.6 Å². The van der Waals surface area contributed by atoms with Crippen LogP contribution in [0.5, 0.6) is 5.75 Å². The molecule has 0 unspecified atom stereocenters. The summed E-state index contributed by atoms with van der Waals surface area (Å²) in [6, 6.07) is 8.68. The molecule has 0 radical (unpaired) electrons. The zero-order valence-corrected chi connectivity index (χ0v) is 16.0. The largest absolute Gasteiger partial charge is 0.508 e. The lowest BCUT2D eigenvalue weighted by molar-refractivity contribution is 0.102. The maximum absolute atomic E-state index is 12.8. The van der Waals surface area contributed by atoms with Gasteiger partial charge in [-0.05, 0) is 84.6 Å². The van der Waals surface area contributed by atoms with Crippen molar-refractivity contribution in [3.8, 4) is 11.4 Å². The summed E-state index contributed by atoms with van der Waals surface area (Å²) < 4.78 is 1.55. The highest BCUT2D eigenvalue weighted by molar-refractivity contribution is 7.99. The van der Waals surface area contributed by atoms with Gasteiger partial charge in [0.2, 0.25) is 5.16 Å². The van der Waals surface area contributed by atoms with Gasteiger partial charge in [-0.25, -0.2) is 0 Å². The van der Waals surface area contributed by atoms with E-state index in [-0.39, 0.29) is 17.3 Å². The predicted molar refractivity (Wildman–Crippen MR) is 101 cm³/mol. The Bertz CT molecular complexity index is 938. The van der Waals surface area contributed by atoms with Crippen LogP contribution in [0, 0.1) is 27.7 Å². The zero-order valence-electron chi connectivity index (χ0n) is 15.1. The van der Waals surface area contributed by atoms with Crippen molar-refractivity contribution >= 4 is 17.5 Å². The van der Waals surface area contributed by atoms with Crippen molar-refractivity contribution in [1.29, 1.82) is 0 Å². The average Bonchev–Trinajstić information content (AvgIpc) is 3.07. The first-order valence-electron chi connectivity index (χ1n) is 8.19. The van der Waals surface area contributed by atoms with E-state index in [4.69, 9.17) is 0 Å². The number of phenolic OH excluding ortho intramolecular Hbond substituents is 1. The number of aromatic hydroxyl groups is 1. The van der Waals surface area contributed by atoms with Crippen LogP contribution in [-0.2, 0) is 0 Å². The van der Waals surface area contributed by atoms with Gasteiger partial charge in [0.1, 0.15) is 5.75 Å². The topological polar surface area (TPSA) is 80.9 Å². The number of hydrogen-bond acceptors (Lipinski definition) is 6. The number of tetrazole rings is 1. The highest BCUT2D eigenvalue weighted by Gasteiger charge is 2.18. The van der Waals surface area contributed by atoms with E-state index in [1.54, 1.807) is 28.9 Å². The summed E-state index contributed by atoms with van der Waals surface area (Å²) in [5, 5.41) is 21.6. The minimum atomic E-state index is 0.0667. The first-order valence-corrected chi connectivity index (χ1v) is 9.18. The van der Waals surface area contributed by atoms with E-state index in [1.165, 1.54) is 11.8 Å². The van der Waals surface area contributed by atoms with Crippen LogP contribution in [0.1, 0.15) is 32.6 Å². The molecule has 134 valence electrons. The Labute approximate surface area is 156 Å². The molecule has 0 atom stereocenters. The van der Waals surface area contributed by atoms with E-state index in [0.717, 1.165) is 33.5 Å². The molecule has 1 N–H and O–H groups in total. The SMILES string of the molecule is Cc1cc(C)c(C)c(C(=O)CSc2nnnn2-c2ccc(O)cc2)c1C. The Kier molecular flexibility index (Phi) is 5.08. The molecule has 0 aliphatic rings. The summed E-state index contributed by atoms with van der Waals surface area (Å²) in [6.07, 6.45) is 0. The van der Waals surface area contributed by atoms with E-state index in [0.29, 0.717) is 5.16 Å². The van der Waals surface area contributed by atoms with Gasteiger partial charge in [0.25, 0.3) is 0 Å². The smallest absolute Gasteiger partial charge is 0.214 e. The molecule has 0 saturated carbocycles. The van der Waals surface area contributed by atoms with Crippen molar-refractivity contribution < 1.29 is 9.90 Å². The Balaban J connectivity index is 1.82. The molecule has 0 saturated heterocycles. The van der Waals surface area contributed by atoms with E-state index < -0.39 is 0 Å². The number of benzene rings is 2. The van der Waals surface area contributed by atoms with Crippen molar-refractivity contribution in [3.05, 3.63) is 58.1 Å². The fourth-order valence-electron chi connectivity index (χ4n) is 2.86. The molecule has 0 aliphatic carbocycles. The molecular formula is C19H20N4O2S. The quantitative estimate of drug-likeness (QED) is 0.548. The number of thioether (sulfide) groups is 1. The molecule has 1 heterocycles. The van der Waals surface area contributed by atoms with E-state index in [9.17, 15) is 9.90 Å².